The lowest BCUT2D eigenvalue weighted by Crippen LogP contribution is -2.65. The second-order valence-corrected chi connectivity index (χ2v) is 26.7. The summed E-state index contributed by atoms with van der Waals surface area (Å²) in [5.74, 6) is -0.251. The number of hydrogen-bond acceptors (Lipinski definition) is 13. The third kappa shape index (κ3) is 46.1. The molecule has 2 heterocycles. The Morgan fingerprint density at radius 2 is 0.753 bits per heavy atom. The van der Waals surface area contributed by atoms with Gasteiger partial charge in [-0.2, -0.15) is 0 Å². The van der Waals surface area contributed by atoms with Crippen LogP contribution in [-0.4, -0.2) is 140 Å². The van der Waals surface area contributed by atoms with Crippen LogP contribution in [-0.2, 0) is 23.7 Å². The molecule has 0 spiro atoms. The average molecular weight is 1310 g/mol. The summed E-state index contributed by atoms with van der Waals surface area (Å²) in [7, 11) is 0. The Kier molecular flexibility index (Phi) is 58.1. The normalized spacial score (nSPS) is 23.0. The van der Waals surface area contributed by atoms with Gasteiger partial charge in [-0.25, -0.2) is 0 Å². The van der Waals surface area contributed by atoms with Crippen LogP contribution in [0.2, 0.25) is 0 Å². The predicted molar refractivity (Wildman–Crippen MR) is 383 cm³/mol. The van der Waals surface area contributed by atoms with Crippen molar-refractivity contribution in [1.82, 2.24) is 5.32 Å². The quantitative estimate of drug-likeness (QED) is 0.0204. The van der Waals surface area contributed by atoms with E-state index in [4.69, 9.17) is 18.9 Å². The minimum atomic E-state index is -1.80. The van der Waals surface area contributed by atoms with Gasteiger partial charge in [-0.05, 0) is 83.5 Å². The van der Waals surface area contributed by atoms with Crippen molar-refractivity contribution in [2.24, 2.45) is 0 Å². The van der Waals surface area contributed by atoms with E-state index < -0.39 is 86.8 Å². The molecule has 0 aromatic heterocycles. The molecule has 0 aliphatic carbocycles. The van der Waals surface area contributed by atoms with Gasteiger partial charge >= 0.3 is 0 Å². The number of rotatable bonds is 63. The Morgan fingerprint density at radius 1 is 0.398 bits per heavy atom. The lowest BCUT2D eigenvalue weighted by molar-refractivity contribution is -0.359. The van der Waals surface area contributed by atoms with E-state index in [1.165, 1.54) is 212 Å². The Hall–Kier alpha value is -2.83. The number of hydrogen-bond donors (Lipinski definition) is 9. The smallest absolute Gasteiger partial charge is 0.220 e. The van der Waals surface area contributed by atoms with E-state index in [9.17, 15) is 45.6 Å². The van der Waals surface area contributed by atoms with Gasteiger partial charge in [0, 0.05) is 6.42 Å². The third-order valence-electron chi connectivity index (χ3n) is 18.3. The summed E-state index contributed by atoms with van der Waals surface area (Å²) in [4.78, 5) is 13.4. The summed E-state index contributed by atoms with van der Waals surface area (Å²) in [6.07, 6.45) is 70.9. The van der Waals surface area contributed by atoms with Crippen LogP contribution in [0.5, 0.6) is 0 Å². The fraction of sp³-hybridized carbons (Fsp3) is 0.810. The Morgan fingerprint density at radius 3 is 1.18 bits per heavy atom. The fourth-order valence-corrected chi connectivity index (χ4v) is 12.3. The number of carbonyl (C=O) groups excluding carboxylic acids is 1. The molecular weight excluding hydrogens is 1170 g/mol. The van der Waals surface area contributed by atoms with Crippen LogP contribution in [0.1, 0.15) is 316 Å². The standard InChI is InChI=1S/C79H141NO13/c1-3-5-7-9-11-13-15-17-19-21-23-25-27-29-31-33-34-35-37-39-41-43-45-47-49-51-53-55-57-59-61-63-71(84)80-67(66-90-78-76(89)74(87)77(70(65-82)92-78)93-79-75(88)73(86)72(85)69(64-81)91-79)68(83)62-60-58-56-54-52-50-48-46-44-42-40-38-36-32-30-28-26-24-22-20-18-16-14-12-10-8-6-4-2/h5,7,11,13,17,19,23,25,44,46,52,54,60,62,67-70,72-79,81-83,85-89H,3-4,6,8-10,12,14-16,18,20-22,24,26-43,45,47-51,53,55-59,61,63-66H2,1-2H3,(H,80,84)/b7-5-,13-11-,19-17-,25-23-,46-44+,54-52+,62-60+. The van der Waals surface area contributed by atoms with Crippen LogP contribution in [0.15, 0.2) is 85.1 Å². The van der Waals surface area contributed by atoms with Crippen LogP contribution in [0.25, 0.3) is 0 Å². The highest BCUT2D eigenvalue weighted by atomic mass is 16.7. The van der Waals surface area contributed by atoms with Gasteiger partial charge in [0.15, 0.2) is 12.6 Å². The molecule has 0 radical (unpaired) electrons. The summed E-state index contributed by atoms with van der Waals surface area (Å²) < 4.78 is 22.9. The molecule has 0 bridgehead atoms. The first-order valence-corrected chi connectivity index (χ1v) is 38.3. The maximum Gasteiger partial charge on any atom is 0.220 e. The second kappa shape index (κ2) is 62.7. The largest absolute Gasteiger partial charge is 0.394 e. The zero-order valence-corrected chi connectivity index (χ0v) is 59.0. The van der Waals surface area contributed by atoms with E-state index in [1.54, 1.807) is 6.08 Å². The van der Waals surface area contributed by atoms with Gasteiger partial charge in [-0.1, -0.05) is 311 Å². The molecular formula is C79H141NO13. The molecule has 540 valence electrons. The van der Waals surface area contributed by atoms with Gasteiger partial charge < -0.3 is 65.1 Å². The number of aliphatic hydroxyl groups excluding tert-OH is 8. The number of ether oxygens (including phenoxy) is 4. The summed E-state index contributed by atoms with van der Waals surface area (Å²) in [6, 6.07) is -0.943. The molecule has 9 N–H and O–H groups in total. The zero-order chi connectivity index (χ0) is 67.3. The molecule has 14 nitrogen and oxygen atoms in total. The minimum absolute atomic E-state index is 0.251. The number of carbonyl (C=O) groups is 1. The Bertz CT molecular complexity index is 1890. The summed E-state index contributed by atoms with van der Waals surface area (Å²) in [5.41, 5.74) is 0. The van der Waals surface area contributed by atoms with Crippen LogP contribution < -0.4 is 5.32 Å². The van der Waals surface area contributed by atoms with Crippen LogP contribution >= 0.6 is 0 Å². The number of unbranched alkanes of at least 4 members (excludes halogenated alkanes) is 38. The first-order valence-electron chi connectivity index (χ1n) is 38.3. The van der Waals surface area contributed by atoms with Crippen molar-refractivity contribution in [1.29, 1.82) is 0 Å². The van der Waals surface area contributed by atoms with Crippen LogP contribution in [0.3, 0.4) is 0 Å². The Labute approximate surface area is 567 Å². The summed E-state index contributed by atoms with van der Waals surface area (Å²) in [6.45, 7) is 2.70. The molecule has 2 fully saturated rings. The SMILES string of the molecule is CC/C=C\C/C=C\C/C=C\C/C=C\CCCCCCCCCCCCCCCCCCCCC(=O)NC(COC1OC(CO)C(OC2OC(CO)C(O)C(O)C2O)C(O)C1O)C(O)/C=C/CC/C=C/CC/C=C/CCCCCCCCCCCCCCCCCCCC. The van der Waals surface area contributed by atoms with Crippen molar-refractivity contribution in [2.75, 3.05) is 19.8 Å². The number of nitrogens with one attached hydrogen (secondary N) is 1. The molecule has 12 atom stereocenters. The van der Waals surface area contributed by atoms with Crippen LogP contribution in [0, 0.1) is 0 Å². The van der Waals surface area contributed by atoms with Crippen molar-refractivity contribution >= 4 is 5.91 Å². The molecule has 2 aliphatic heterocycles. The van der Waals surface area contributed by atoms with Gasteiger partial charge in [0.1, 0.15) is 48.8 Å². The van der Waals surface area contributed by atoms with Crippen molar-refractivity contribution in [3.8, 4) is 0 Å². The van der Waals surface area contributed by atoms with Gasteiger partial charge in [0.2, 0.25) is 5.91 Å². The lowest BCUT2D eigenvalue weighted by Gasteiger charge is -2.46. The van der Waals surface area contributed by atoms with Crippen LogP contribution in [0.4, 0.5) is 0 Å². The van der Waals surface area contributed by atoms with E-state index in [1.807, 2.05) is 6.08 Å². The molecule has 0 saturated carbocycles. The highest BCUT2D eigenvalue weighted by molar-refractivity contribution is 5.76. The molecule has 2 saturated heterocycles. The summed E-state index contributed by atoms with van der Waals surface area (Å²) >= 11 is 0. The van der Waals surface area contributed by atoms with E-state index in [-0.39, 0.29) is 18.9 Å². The topological polar surface area (TPSA) is 228 Å². The van der Waals surface area contributed by atoms with Crippen molar-refractivity contribution in [3.63, 3.8) is 0 Å². The fourth-order valence-electron chi connectivity index (χ4n) is 12.3. The average Bonchev–Trinajstić information content (AvgIpc) is 0.851. The highest BCUT2D eigenvalue weighted by Crippen LogP contribution is 2.30. The van der Waals surface area contributed by atoms with E-state index >= 15 is 0 Å². The predicted octanol–water partition coefficient (Wildman–Crippen LogP) is 16.7. The van der Waals surface area contributed by atoms with Gasteiger partial charge in [-0.15, -0.1) is 0 Å². The van der Waals surface area contributed by atoms with E-state index in [2.05, 4.69) is 92.1 Å². The first kappa shape index (κ1) is 86.3. The zero-order valence-electron chi connectivity index (χ0n) is 59.0. The van der Waals surface area contributed by atoms with E-state index in [0.717, 1.165) is 70.6 Å². The molecule has 2 aliphatic rings. The number of allylic oxidation sites excluding steroid dienone is 13. The summed E-state index contributed by atoms with van der Waals surface area (Å²) in [5, 5.41) is 87.6. The van der Waals surface area contributed by atoms with Crippen molar-refractivity contribution < 1.29 is 64.6 Å². The van der Waals surface area contributed by atoms with Gasteiger partial charge in [0.05, 0.1) is 32.0 Å². The molecule has 12 unspecified atom stereocenters. The number of amides is 1. The van der Waals surface area contributed by atoms with E-state index in [0.29, 0.717) is 12.8 Å². The highest BCUT2D eigenvalue weighted by Gasteiger charge is 2.51. The Balaban J connectivity index is 1.66. The van der Waals surface area contributed by atoms with Gasteiger partial charge in [0.25, 0.3) is 0 Å². The molecule has 14 heteroatoms. The molecule has 93 heavy (non-hydrogen) atoms. The molecule has 0 aromatic carbocycles. The monoisotopic (exact) mass is 1310 g/mol. The maximum absolute atomic E-state index is 13.4. The van der Waals surface area contributed by atoms with Gasteiger partial charge in [-0.3, -0.25) is 4.79 Å². The third-order valence-corrected chi connectivity index (χ3v) is 18.3. The van der Waals surface area contributed by atoms with Crippen molar-refractivity contribution in [3.05, 3.63) is 85.1 Å². The second-order valence-electron chi connectivity index (χ2n) is 26.7. The molecule has 1 amide bonds. The molecule has 2 rings (SSSR count). The molecule has 0 aromatic rings. The number of aliphatic hydroxyl groups is 8. The maximum atomic E-state index is 13.4. The minimum Gasteiger partial charge on any atom is -0.394 e. The first-order chi connectivity index (χ1) is 45.6. The lowest BCUT2D eigenvalue weighted by atomic mass is 9.97. The van der Waals surface area contributed by atoms with Crippen molar-refractivity contribution in [2.45, 2.75) is 389 Å².